The van der Waals surface area contributed by atoms with E-state index in [0.717, 1.165) is 19.4 Å². The van der Waals surface area contributed by atoms with Crippen molar-refractivity contribution in [3.05, 3.63) is 0 Å². The van der Waals surface area contributed by atoms with Crippen LogP contribution >= 0.6 is 0 Å². The minimum Gasteiger partial charge on any atom is -0.339 e. The third kappa shape index (κ3) is 2.21. The average molecular weight is 170 g/mol. The number of likely N-dealkylation sites (tertiary alicyclic amines) is 1. The van der Waals surface area contributed by atoms with Crippen molar-refractivity contribution in [3.63, 3.8) is 0 Å². The van der Waals surface area contributed by atoms with Gasteiger partial charge in [0.2, 0.25) is 5.91 Å². The third-order valence-electron chi connectivity index (χ3n) is 2.55. The Kier molecular flexibility index (Phi) is 3.53. The van der Waals surface area contributed by atoms with Gasteiger partial charge in [-0.15, -0.1) is 0 Å². The summed E-state index contributed by atoms with van der Waals surface area (Å²) in [6, 6.07) is 0.296. The highest BCUT2D eigenvalue weighted by Crippen LogP contribution is 2.15. The van der Waals surface area contributed by atoms with Gasteiger partial charge in [-0.2, -0.15) is 0 Å². The number of amides is 1. The van der Waals surface area contributed by atoms with Gasteiger partial charge in [-0.25, -0.2) is 0 Å². The third-order valence-corrected chi connectivity index (χ3v) is 2.55. The maximum absolute atomic E-state index is 11.2. The van der Waals surface area contributed by atoms with Gasteiger partial charge in [-0.3, -0.25) is 4.79 Å². The number of rotatable bonds is 1. The zero-order valence-electron chi connectivity index (χ0n) is 7.75. The van der Waals surface area contributed by atoms with E-state index < -0.39 is 0 Å². The minimum absolute atomic E-state index is 0.173. The Hall–Kier alpha value is -0.570. The standard InChI is InChI=1S/C9H18N2O/c1-8(12)11-6-4-2-3-5-9(11)7-10/h9H,2-7,10H2,1H3. The second kappa shape index (κ2) is 4.45. The number of nitrogens with two attached hydrogens (primary N) is 1. The fraction of sp³-hybridized carbons (Fsp3) is 0.889. The lowest BCUT2D eigenvalue weighted by Crippen LogP contribution is -2.42. The van der Waals surface area contributed by atoms with E-state index in [0.29, 0.717) is 12.6 Å². The number of nitrogens with zero attached hydrogens (tertiary/aromatic N) is 1. The SMILES string of the molecule is CC(=O)N1CCCCCC1CN. The number of carbonyl (C=O) groups is 1. The van der Waals surface area contributed by atoms with Crippen molar-refractivity contribution in [1.82, 2.24) is 4.90 Å². The van der Waals surface area contributed by atoms with Crippen molar-refractivity contribution in [3.8, 4) is 0 Å². The summed E-state index contributed by atoms with van der Waals surface area (Å²) in [5, 5.41) is 0. The smallest absolute Gasteiger partial charge is 0.219 e. The Balaban J connectivity index is 2.57. The van der Waals surface area contributed by atoms with E-state index in [4.69, 9.17) is 5.73 Å². The van der Waals surface area contributed by atoms with Crippen LogP contribution in [-0.2, 0) is 4.79 Å². The van der Waals surface area contributed by atoms with Crippen LogP contribution in [0.15, 0.2) is 0 Å². The maximum Gasteiger partial charge on any atom is 0.219 e. The van der Waals surface area contributed by atoms with E-state index in [1.54, 1.807) is 6.92 Å². The summed E-state index contributed by atoms with van der Waals surface area (Å²) in [7, 11) is 0. The van der Waals surface area contributed by atoms with Crippen molar-refractivity contribution < 1.29 is 4.79 Å². The molecule has 1 unspecified atom stereocenters. The van der Waals surface area contributed by atoms with Crippen molar-refractivity contribution in [2.45, 2.75) is 38.6 Å². The second-order valence-corrected chi connectivity index (χ2v) is 3.45. The van der Waals surface area contributed by atoms with Gasteiger partial charge in [0.15, 0.2) is 0 Å². The van der Waals surface area contributed by atoms with Crippen molar-refractivity contribution in [2.75, 3.05) is 13.1 Å². The quantitative estimate of drug-likeness (QED) is 0.630. The number of hydrogen-bond donors (Lipinski definition) is 1. The normalized spacial score (nSPS) is 25.2. The highest BCUT2D eigenvalue weighted by atomic mass is 16.2. The fourth-order valence-electron chi connectivity index (χ4n) is 1.84. The molecule has 1 amide bonds. The first-order chi connectivity index (χ1) is 5.75. The van der Waals surface area contributed by atoms with Crippen LogP contribution < -0.4 is 5.73 Å². The average Bonchev–Trinajstić information content (AvgIpc) is 2.27. The van der Waals surface area contributed by atoms with Gasteiger partial charge in [0.1, 0.15) is 0 Å². The fourth-order valence-corrected chi connectivity index (χ4v) is 1.84. The number of hydrogen-bond acceptors (Lipinski definition) is 2. The van der Waals surface area contributed by atoms with E-state index in [1.165, 1.54) is 12.8 Å². The highest BCUT2D eigenvalue weighted by molar-refractivity contribution is 5.73. The molecule has 3 heteroatoms. The molecule has 1 fully saturated rings. The Morgan fingerprint density at radius 2 is 2.25 bits per heavy atom. The molecule has 1 rings (SSSR count). The molecule has 0 aromatic heterocycles. The largest absolute Gasteiger partial charge is 0.339 e. The van der Waals surface area contributed by atoms with E-state index in [9.17, 15) is 4.79 Å². The molecule has 0 aromatic carbocycles. The first kappa shape index (κ1) is 9.52. The van der Waals surface area contributed by atoms with Gasteiger partial charge in [-0.05, 0) is 12.8 Å². The van der Waals surface area contributed by atoms with Gasteiger partial charge >= 0.3 is 0 Å². The van der Waals surface area contributed by atoms with Gasteiger partial charge in [0, 0.05) is 26.1 Å². The Morgan fingerprint density at radius 1 is 1.50 bits per heavy atom. The van der Waals surface area contributed by atoms with Crippen LogP contribution in [0.5, 0.6) is 0 Å². The molecule has 12 heavy (non-hydrogen) atoms. The van der Waals surface area contributed by atoms with Crippen molar-refractivity contribution >= 4 is 5.91 Å². The minimum atomic E-state index is 0.173. The summed E-state index contributed by atoms with van der Waals surface area (Å²) in [5.74, 6) is 0.173. The molecule has 1 saturated heterocycles. The predicted molar refractivity (Wildman–Crippen MR) is 48.7 cm³/mol. The molecule has 0 bridgehead atoms. The molecule has 1 heterocycles. The van der Waals surface area contributed by atoms with Crippen LogP contribution in [0.3, 0.4) is 0 Å². The summed E-state index contributed by atoms with van der Waals surface area (Å²) < 4.78 is 0. The molecule has 0 spiro atoms. The Bertz CT molecular complexity index is 159. The molecule has 1 aliphatic heterocycles. The zero-order chi connectivity index (χ0) is 8.97. The molecule has 1 aliphatic rings. The lowest BCUT2D eigenvalue weighted by Gasteiger charge is -2.27. The topological polar surface area (TPSA) is 46.3 Å². The molecule has 0 aliphatic carbocycles. The van der Waals surface area contributed by atoms with Crippen LogP contribution in [0.25, 0.3) is 0 Å². The molecule has 2 N–H and O–H groups in total. The van der Waals surface area contributed by atoms with Crippen LogP contribution in [0, 0.1) is 0 Å². The summed E-state index contributed by atoms with van der Waals surface area (Å²) in [5.41, 5.74) is 5.61. The van der Waals surface area contributed by atoms with E-state index in [2.05, 4.69) is 0 Å². The first-order valence-electron chi connectivity index (χ1n) is 4.73. The highest BCUT2D eigenvalue weighted by Gasteiger charge is 2.20. The van der Waals surface area contributed by atoms with Gasteiger partial charge in [0.25, 0.3) is 0 Å². The van der Waals surface area contributed by atoms with Gasteiger partial charge < -0.3 is 10.6 Å². The van der Waals surface area contributed by atoms with Crippen molar-refractivity contribution in [1.29, 1.82) is 0 Å². The molecule has 70 valence electrons. The lowest BCUT2D eigenvalue weighted by molar-refractivity contribution is -0.130. The monoisotopic (exact) mass is 170 g/mol. The Morgan fingerprint density at radius 3 is 2.83 bits per heavy atom. The molecule has 0 saturated carbocycles. The zero-order valence-corrected chi connectivity index (χ0v) is 7.75. The van der Waals surface area contributed by atoms with E-state index in [-0.39, 0.29) is 5.91 Å². The maximum atomic E-state index is 11.2. The summed E-state index contributed by atoms with van der Waals surface area (Å²) in [4.78, 5) is 13.1. The van der Waals surface area contributed by atoms with E-state index >= 15 is 0 Å². The van der Waals surface area contributed by atoms with E-state index in [1.807, 2.05) is 4.90 Å². The first-order valence-corrected chi connectivity index (χ1v) is 4.73. The van der Waals surface area contributed by atoms with Gasteiger partial charge in [0.05, 0.1) is 0 Å². The van der Waals surface area contributed by atoms with Gasteiger partial charge in [-0.1, -0.05) is 12.8 Å². The van der Waals surface area contributed by atoms with Crippen molar-refractivity contribution in [2.24, 2.45) is 5.73 Å². The van der Waals surface area contributed by atoms with Crippen LogP contribution in [0.2, 0.25) is 0 Å². The summed E-state index contributed by atoms with van der Waals surface area (Å²) in [6.07, 6.45) is 4.66. The van der Waals surface area contributed by atoms with Crippen LogP contribution in [0.4, 0.5) is 0 Å². The summed E-state index contributed by atoms with van der Waals surface area (Å²) in [6.45, 7) is 3.14. The molecule has 0 radical (unpaired) electrons. The number of carbonyl (C=O) groups excluding carboxylic acids is 1. The lowest BCUT2D eigenvalue weighted by atomic mass is 10.1. The summed E-state index contributed by atoms with van der Waals surface area (Å²) >= 11 is 0. The molecule has 0 aromatic rings. The molecular weight excluding hydrogens is 152 g/mol. The second-order valence-electron chi connectivity index (χ2n) is 3.45. The molecule has 1 atom stereocenters. The molecular formula is C9H18N2O. The Labute approximate surface area is 73.9 Å². The predicted octanol–water partition coefficient (Wildman–Crippen LogP) is 0.736. The van der Waals surface area contributed by atoms with Crippen LogP contribution in [0.1, 0.15) is 32.6 Å². The van der Waals surface area contributed by atoms with Crippen LogP contribution in [-0.4, -0.2) is 29.9 Å². The molecule has 3 nitrogen and oxygen atoms in total.